The van der Waals surface area contributed by atoms with Crippen LogP contribution in [-0.4, -0.2) is 81.2 Å². The number of β-amino-alcohol motifs (C(OH)–C–C–N with tert-alkyl or cyclic N) is 1. The van der Waals surface area contributed by atoms with Crippen LogP contribution in [0.4, 0.5) is 0 Å². The first-order valence-electron chi connectivity index (χ1n) is 5.73. The van der Waals surface area contributed by atoms with Crippen LogP contribution in [0.15, 0.2) is 0 Å². The number of rotatable bonds is 2. The van der Waals surface area contributed by atoms with Gasteiger partial charge in [-0.3, -0.25) is 4.79 Å². The Kier molecular flexibility index (Phi) is 3.85. The van der Waals surface area contributed by atoms with E-state index in [-0.39, 0.29) is 13.2 Å². The Morgan fingerprint density at radius 1 is 1.11 bits per heavy atom. The Hall–Kier alpha value is -0.770. The molecule has 2 saturated heterocycles. The molecule has 0 aromatic carbocycles. The van der Waals surface area contributed by atoms with E-state index in [2.05, 4.69) is 5.32 Å². The Labute approximate surface area is 103 Å². The lowest BCUT2D eigenvalue weighted by Crippen LogP contribution is -2.59. The molecule has 2 unspecified atom stereocenters. The molecule has 6 N–H and O–H groups in total. The number of hydrogen-bond donors (Lipinski definition) is 6. The predicted molar refractivity (Wildman–Crippen MR) is 56.7 cm³/mol. The predicted octanol–water partition coefficient (Wildman–Crippen LogP) is -3.50. The number of nitrogens with one attached hydrogen (secondary N) is 1. The van der Waals surface area contributed by atoms with Gasteiger partial charge in [-0.1, -0.05) is 0 Å². The van der Waals surface area contributed by atoms with E-state index < -0.39 is 48.4 Å². The summed E-state index contributed by atoms with van der Waals surface area (Å²) in [5, 5.41) is 50.1. The average Bonchev–Trinajstić information content (AvgIpc) is 2.69. The van der Waals surface area contributed by atoms with Crippen LogP contribution in [0, 0.1) is 5.92 Å². The van der Waals surface area contributed by atoms with E-state index >= 15 is 0 Å². The summed E-state index contributed by atoms with van der Waals surface area (Å²) in [6.45, 7) is -0.134. The van der Waals surface area contributed by atoms with Crippen LogP contribution < -0.4 is 5.32 Å². The minimum Gasteiger partial charge on any atom is -0.480 e. The summed E-state index contributed by atoms with van der Waals surface area (Å²) in [5.41, 5.74) is 0. The molecule has 0 aromatic heterocycles. The molecule has 0 bridgehead atoms. The number of ether oxygens (including phenoxy) is 1. The quantitative estimate of drug-likeness (QED) is 0.301. The zero-order valence-corrected chi connectivity index (χ0v) is 9.51. The fourth-order valence-electron chi connectivity index (χ4n) is 2.57. The molecule has 0 aromatic rings. The highest BCUT2D eigenvalue weighted by Gasteiger charge is 2.51. The van der Waals surface area contributed by atoms with Gasteiger partial charge in [0.05, 0.1) is 18.8 Å². The third-order valence-corrected chi connectivity index (χ3v) is 3.56. The molecule has 0 saturated carbocycles. The summed E-state index contributed by atoms with van der Waals surface area (Å²) in [6.07, 6.45) is -6.09. The molecule has 7 atom stereocenters. The average molecular weight is 263 g/mol. The second-order valence-corrected chi connectivity index (χ2v) is 4.72. The van der Waals surface area contributed by atoms with Crippen LogP contribution in [0.3, 0.4) is 0 Å². The lowest BCUT2D eigenvalue weighted by atomic mass is 9.84. The number of carbonyl (C=O) groups is 1. The van der Waals surface area contributed by atoms with E-state index in [9.17, 15) is 25.2 Å². The summed E-state index contributed by atoms with van der Waals surface area (Å²) < 4.78 is 5.18. The van der Waals surface area contributed by atoms with Crippen LogP contribution in [0.25, 0.3) is 0 Å². The first-order valence-corrected chi connectivity index (χ1v) is 5.73. The van der Waals surface area contributed by atoms with Gasteiger partial charge in [0.2, 0.25) is 0 Å². The van der Waals surface area contributed by atoms with Crippen LogP contribution >= 0.6 is 0 Å². The highest BCUT2D eigenvalue weighted by molar-refractivity contribution is 5.74. The Bertz CT molecular complexity index is 325. The van der Waals surface area contributed by atoms with Gasteiger partial charge in [-0.15, -0.1) is 0 Å². The summed E-state index contributed by atoms with van der Waals surface area (Å²) in [5.74, 6) is -2.03. The lowest BCUT2D eigenvalue weighted by Gasteiger charge is -2.39. The van der Waals surface area contributed by atoms with Crippen LogP contribution in [-0.2, 0) is 9.53 Å². The lowest BCUT2D eigenvalue weighted by molar-refractivity contribution is -0.209. The van der Waals surface area contributed by atoms with Crippen LogP contribution in [0.5, 0.6) is 0 Å². The van der Waals surface area contributed by atoms with Gasteiger partial charge in [-0.25, -0.2) is 0 Å². The van der Waals surface area contributed by atoms with Crippen molar-refractivity contribution in [3.63, 3.8) is 0 Å². The third kappa shape index (κ3) is 2.22. The van der Waals surface area contributed by atoms with Crippen molar-refractivity contribution in [1.29, 1.82) is 0 Å². The Balaban J connectivity index is 2.16. The number of carboxylic acid groups (broad SMARTS) is 1. The SMILES string of the molecule is O=C(O)[C@H]1NC[C@H](O)C1C1OC[C@H](O)[C@H](O)[C@H]1O. The Morgan fingerprint density at radius 3 is 2.39 bits per heavy atom. The first kappa shape index (κ1) is 13.7. The monoisotopic (exact) mass is 263 g/mol. The summed E-state index contributed by atoms with van der Waals surface area (Å²) in [6, 6.07) is -1.05. The molecule has 8 heteroatoms. The summed E-state index contributed by atoms with van der Waals surface area (Å²) in [7, 11) is 0. The summed E-state index contributed by atoms with van der Waals surface area (Å²) in [4.78, 5) is 11.0. The van der Waals surface area contributed by atoms with Crippen LogP contribution in [0.1, 0.15) is 0 Å². The second kappa shape index (κ2) is 5.08. The first-order chi connectivity index (χ1) is 8.43. The van der Waals surface area contributed by atoms with Gasteiger partial charge in [-0.2, -0.15) is 0 Å². The van der Waals surface area contributed by atoms with Crippen LogP contribution in [0.2, 0.25) is 0 Å². The molecule has 18 heavy (non-hydrogen) atoms. The van der Waals surface area contributed by atoms with Crippen molar-refractivity contribution in [2.24, 2.45) is 5.92 Å². The maximum atomic E-state index is 11.0. The molecule has 2 aliphatic heterocycles. The highest BCUT2D eigenvalue weighted by Crippen LogP contribution is 2.29. The molecule has 2 fully saturated rings. The molecule has 2 heterocycles. The van der Waals surface area contributed by atoms with Gasteiger partial charge in [0.1, 0.15) is 24.4 Å². The molecule has 0 aliphatic carbocycles. The van der Waals surface area contributed by atoms with Crippen molar-refractivity contribution in [2.75, 3.05) is 13.2 Å². The number of aliphatic hydroxyl groups excluding tert-OH is 4. The fraction of sp³-hybridized carbons (Fsp3) is 0.900. The second-order valence-electron chi connectivity index (χ2n) is 4.72. The van der Waals surface area contributed by atoms with E-state index in [1.165, 1.54) is 0 Å². The third-order valence-electron chi connectivity index (χ3n) is 3.56. The van der Waals surface area contributed by atoms with Crippen molar-refractivity contribution in [3.8, 4) is 0 Å². The van der Waals surface area contributed by atoms with E-state index in [1.54, 1.807) is 0 Å². The van der Waals surface area contributed by atoms with E-state index in [0.717, 1.165) is 0 Å². The van der Waals surface area contributed by atoms with Crippen molar-refractivity contribution >= 4 is 5.97 Å². The number of carboxylic acids is 1. The maximum Gasteiger partial charge on any atom is 0.321 e. The molecule has 0 amide bonds. The van der Waals surface area contributed by atoms with E-state index in [4.69, 9.17) is 9.84 Å². The largest absolute Gasteiger partial charge is 0.480 e. The standard InChI is InChI=1S/C10H17NO7/c12-3-1-11-6(10(16)17)5(3)9-8(15)7(14)4(13)2-18-9/h3-9,11-15H,1-2H2,(H,16,17)/t3-,4-,5?,6-,7-,8+,9?/m0/s1. The summed E-state index contributed by atoms with van der Waals surface area (Å²) >= 11 is 0. The molecule has 0 spiro atoms. The van der Waals surface area contributed by atoms with Gasteiger partial charge < -0.3 is 35.6 Å². The van der Waals surface area contributed by atoms with Gasteiger partial charge in [0.25, 0.3) is 0 Å². The molecule has 8 nitrogen and oxygen atoms in total. The Morgan fingerprint density at radius 2 is 1.78 bits per heavy atom. The molecular formula is C10H17NO7. The highest BCUT2D eigenvalue weighted by atomic mass is 16.5. The molecule has 0 radical (unpaired) electrons. The van der Waals surface area contributed by atoms with Gasteiger partial charge >= 0.3 is 5.97 Å². The normalized spacial score (nSPS) is 49.2. The van der Waals surface area contributed by atoms with Crippen molar-refractivity contribution < 1.29 is 35.1 Å². The number of aliphatic carboxylic acids is 1. The van der Waals surface area contributed by atoms with Gasteiger partial charge in [-0.05, 0) is 0 Å². The molecule has 104 valence electrons. The fourth-order valence-corrected chi connectivity index (χ4v) is 2.57. The van der Waals surface area contributed by atoms with Gasteiger partial charge in [0, 0.05) is 12.5 Å². The number of aliphatic hydroxyl groups is 4. The zero-order valence-electron chi connectivity index (χ0n) is 9.51. The van der Waals surface area contributed by atoms with Crippen molar-refractivity contribution in [3.05, 3.63) is 0 Å². The van der Waals surface area contributed by atoms with Gasteiger partial charge in [0.15, 0.2) is 0 Å². The number of hydrogen-bond acceptors (Lipinski definition) is 7. The van der Waals surface area contributed by atoms with Crippen molar-refractivity contribution in [1.82, 2.24) is 5.32 Å². The zero-order chi connectivity index (χ0) is 13.4. The van der Waals surface area contributed by atoms with E-state index in [0.29, 0.717) is 0 Å². The topological polar surface area (TPSA) is 139 Å². The maximum absolute atomic E-state index is 11.0. The smallest absolute Gasteiger partial charge is 0.321 e. The minimum absolute atomic E-state index is 0.0763. The van der Waals surface area contributed by atoms with E-state index in [1.807, 2.05) is 0 Å². The molecule has 2 aliphatic rings. The molecule has 2 rings (SSSR count). The van der Waals surface area contributed by atoms with Crippen molar-refractivity contribution in [2.45, 2.75) is 36.6 Å². The molecular weight excluding hydrogens is 246 g/mol. The minimum atomic E-state index is -1.44.